The topological polar surface area (TPSA) is 55.5 Å². The maximum Gasteiger partial charge on any atom is 0.122 e. The molecule has 84 valence electrons. The molecule has 0 radical (unpaired) electrons. The summed E-state index contributed by atoms with van der Waals surface area (Å²) in [5.74, 6) is 1.18. The van der Waals surface area contributed by atoms with Gasteiger partial charge in [0.1, 0.15) is 11.5 Å². The number of phenolic OH excluding ortho intramolecular Hbond substituents is 1. The third kappa shape index (κ3) is 3.13. The van der Waals surface area contributed by atoms with E-state index in [4.69, 9.17) is 10.5 Å². The maximum atomic E-state index is 9.60. The Morgan fingerprint density at radius 3 is 2.67 bits per heavy atom. The van der Waals surface area contributed by atoms with Gasteiger partial charge < -0.3 is 15.6 Å². The van der Waals surface area contributed by atoms with E-state index in [2.05, 4.69) is 0 Å². The van der Waals surface area contributed by atoms with E-state index in [0.717, 1.165) is 36.1 Å². The van der Waals surface area contributed by atoms with Gasteiger partial charge in [-0.3, -0.25) is 0 Å². The minimum Gasteiger partial charge on any atom is -0.508 e. The SMILES string of the molecule is COc1cc(C)c(O)cc1CCCCN. The van der Waals surface area contributed by atoms with E-state index >= 15 is 0 Å². The largest absolute Gasteiger partial charge is 0.508 e. The summed E-state index contributed by atoms with van der Waals surface area (Å²) in [6.45, 7) is 2.57. The number of aromatic hydroxyl groups is 1. The third-order valence-electron chi connectivity index (χ3n) is 2.50. The Hall–Kier alpha value is -1.22. The van der Waals surface area contributed by atoms with Crippen LogP contribution in [0.3, 0.4) is 0 Å². The van der Waals surface area contributed by atoms with E-state index in [1.165, 1.54) is 0 Å². The zero-order chi connectivity index (χ0) is 11.3. The molecule has 0 heterocycles. The number of unbranched alkanes of at least 4 members (excludes halogenated alkanes) is 1. The highest BCUT2D eigenvalue weighted by Crippen LogP contribution is 2.28. The summed E-state index contributed by atoms with van der Waals surface area (Å²) in [4.78, 5) is 0. The lowest BCUT2D eigenvalue weighted by Gasteiger charge is -2.10. The van der Waals surface area contributed by atoms with Gasteiger partial charge in [-0.15, -0.1) is 0 Å². The van der Waals surface area contributed by atoms with Gasteiger partial charge in [-0.05, 0) is 56.0 Å². The normalized spacial score (nSPS) is 10.3. The molecule has 0 bridgehead atoms. The lowest BCUT2D eigenvalue weighted by molar-refractivity contribution is 0.405. The zero-order valence-electron chi connectivity index (χ0n) is 9.42. The molecule has 0 unspecified atom stereocenters. The molecule has 0 saturated carbocycles. The van der Waals surface area contributed by atoms with E-state index in [1.54, 1.807) is 13.2 Å². The number of ether oxygens (including phenoxy) is 1. The quantitative estimate of drug-likeness (QED) is 0.729. The van der Waals surface area contributed by atoms with Crippen molar-refractivity contribution in [2.24, 2.45) is 5.73 Å². The van der Waals surface area contributed by atoms with Crippen LogP contribution >= 0.6 is 0 Å². The lowest BCUT2D eigenvalue weighted by Crippen LogP contribution is -2.00. The average molecular weight is 209 g/mol. The number of hydrogen-bond donors (Lipinski definition) is 2. The van der Waals surface area contributed by atoms with Crippen LogP contribution in [0.25, 0.3) is 0 Å². The van der Waals surface area contributed by atoms with Crippen LogP contribution in [0, 0.1) is 6.92 Å². The molecule has 0 aromatic heterocycles. The van der Waals surface area contributed by atoms with Gasteiger partial charge in [0.2, 0.25) is 0 Å². The molecule has 1 aromatic rings. The maximum absolute atomic E-state index is 9.60. The molecule has 0 fully saturated rings. The summed E-state index contributed by atoms with van der Waals surface area (Å²) in [6, 6.07) is 3.65. The van der Waals surface area contributed by atoms with Gasteiger partial charge in [0.05, 0.1) is 7.11 Å². The van der Waals surface area contributed by atoms with E-state index in [1.807, 2.05) is 13.0 Å². The smallest absolute Gasteiger partial charge is 0.122 e. The molecule has 1 aromatic carbocycles. The number of nitrogens with two attached hydrogens (primary N) is 1. The lowest BCUT2D eigenvalue weighted by atomic mass is 10.0. The fraction of sp³-hybridized carbons (Fsp3) is 0.500. The number of benzene rings is 1. The van der Waals surface area contributed by atoms with Crippen LogP contribution in [0.2, 0.25) is 0 Å². The Kier molecular flexibility index (Phi) is 4.43. The van der Waals surface area contributed by atoms with Crippen LogP contribution in [0.15, 0.2) is 12.1 Å². The molecule has 3 nitrogen and oxygen atoms in total. The summed E-state index contributed by atoms with van der Waals surface area (Å²) in [5, 5.41) is 9.60. The average Bonchev–Trinajstić information content (AvgIpc) is 2.23. The molecule has 15 heavy (non-hydrogen) atoms. The minimum absolute atomic E-state index is 0.332. The second-order valence-corrected chi connectivity index (χ2v) is 3.70. The first-order valence-electron chi connectivity index (χ1n) is 5.25. The zero-order valence-corrected chi connectivity index (χ0v) is 9.42. The second kappa shape index (κ2) is 5.61. The summed E-state index contributed by atoms with van der Waals surface area (Å²) >= 11 is 0. The predicted octanol–water partition coefficient (Wildman–Crippen LogP) is 1.99. The van der Waals surface area contributed by atoms with E-state index in [0.29, 0.717) is 12.3 Å². The molecule has 3 N–H and O–H groups in total. The fourth-order valence-electron chi connectivity index (χ4n) is 1.56. The molecule has 0 amide bonds. The van der Waals surface area contributed by atoms with E-state index < -0.39 is 0 Å². The van der Waals surface area contributed by atoms with Crippen LogP contribution in [-0.4, -0.2) is 18.8 Å². The third-order valence-corrected chi connectivity index (χ3v) is 2.50. The fourth-order valence-corrected chi connectivity index (χ4v) is 1.56. The molecule has 0 aliphatic rings. The van der Waals surface area contributed by atoms with Gasteiger partial charge in [0.15, 0.2) is 0 Å². The van der Waals surface area contributed by atoms with Gasteiger partial charge in [0.25, 0.3) is 0 Å². The van der Waals surface area contributed by atoms with Gasteiger partial charge in [0, 0.05) is 0 Å². The van der Waals surface area contributed by atoms with Crippen molar-refractivity contribution in [3.63, 3.8) is 0 Å². The first-order chi connectivity index (χ1) is 7.19. The van der Waals surface area contributed by atoms with Crippen molar-refractivity contribution in [3.05, 3.63) is 23.3 Å². The van der Waals surface area contributed by atoms with Gasteiger partial charge in [-0.2, -0.15) is 0 Å². The molecule has 0 aliphatic carbocycles. The van der Waals surface area contributed by atoms with Crippen molar-refractivity contribution < 1.29 is 9.84 Å². The highest BCUT2D eigenvalue weighted by atomic mass is 16.5. The van der Waals surface area contributed by atoms with Crippen LogP contribution in [0.5, 0.6) is 11.5 Å². The van der Waals surface area contributed by atoms with Crippen molar-refractivity contribution in [3.8, 4) is 11.5 Å². The number of aryl methyl sites for hydroxylation is 2. The van der Waals surface area contributed by atoms with Crippen molar-refractivity contribution in [1.82, 2.24) is 0 Å². The number of methoxy groups -OCH3 is 1. The summed E-state index contributed by atoms with van der Waals surface area (Å²) in [7, 11) is 1.65. The van der Waals surface area contributed by atoms with Gasteiger partial charge in [-0.1, -0.05) is 0 Å². The van der Waals surface area contributed by atoms with Crippen molar-refractivity contribution in [1.29, 1.82) is 0 Å². The second-order valence-electron chi connectivity index (χ2n) is 3.70. The van der Waals surface area contributed by atoms with Crippen LogP contribution in [0.4, 0.5) is 0 Å². The molecule has 0 atom stereocenters. The minimum atomic E-state index is 0.332. The molecule has 0 saturated heterocycles. The Morgan fingerprint density at radius 1 is 1.33 bits per heavy atom. The van der Waals surface area contributed by atoms with Crippen molar-refractivity contribution in [2.75, 3.05) is 13.7 Å². The Labute approximate surface area is 90.9 Å². The number of rotatable bonds is 5. The summed E-state index contributed by atoms with van der Waals surface area (Å²) in [6.07, 6.45) is 2.92. The molecule has 0 aliphatic heterocycles. The van der Waals surface area contributed by atoms with Gasteiger partial charge >= 0.3 is 0 Å². The van der Waals surface area contributed by atoms with E-state index in [9.17, 15) is 5.11 Å². The standard InChI is InChI=1S/C12H19NO2/c1-9-7-12(15-2)10(8-11(9)14)5-3-4-6-13/h7-8,14H,3-6,13H2,1-2H3. The van der Waals surface area contributed by atoms with Crippen molar-refractivity contribution in [2.45, 2.75) is 26.2 Å². The van der Waals surface area contributed by atoms with Crippen molar-refractivity contribution >= 4 is 0 Å². The Bertz CT molecular complexity index is 324. The Balaban J connectivity index is 2.80. The molecular formula is C12H19NO2. The molecule has 3 heteroatoms. The summed E-state index contributed by atoms with van der Waals surface area (Å²) < 4.78 is 5.27. The first kappa shape index (κ1) is 11.9. The van der Waals surface area contributed by atoms with Gasteiger partial charge in [-0.25, -0.2) is 0 Å². The highest BCUT2D eigenvalue weighted by Gasteiger charge is 2.06. The number of hydrogen-bond acceptors (Lipinski definition) is 3. The molecule has 0 spiro atoms. The summed E-state index contributed by atoms with van der Waals surface area (Å²) in [5.41, 5.74) is 7.33. The van der Waals surface area contributed by atoms with Crippen LogP contribution in [-0.2, 0) is 6.42 Å². The first-order valence-corrected chi connectivity index (χ1v) is 5.25. The van der Waals surface area contributed by atoms with Crippen LogP contribution in [0.1, 0.15) is 24.0 Å². The predicted molar refractivity (Wildman–Crippen MR) is 61.4 cm³/mol. The Morgan fingerprint density at radius 2 is 2.07 bits per heavy atom. The highest BCUT2D eigenvalue weighted by molar-refractivity contribution is 5.45. The monoisotopic (exact) mass is 209 g/mol. The number of phenols is 1. The molecular weight excluding hydrogens is 190 g/mol. The molecule has 1 rings (SSSR count). The van der Waals surface area contributed by atoms with E-state index in [-0.39, 0.29) is 0 Å². The van der Waals surface area contributed by atoms with Crippen LogP contribution < -0.4 is 10.5 Å².